The van der Waals surface area contributed by atoms with Crippen molar-refractivity contribution in [3.05, 3.63) is 35.4 Å². The minimum atomic E-state index is -4.34. The lowest BCUT2D eigenvalue weighted by atomic mass is 9.98. The molecule has 1 fully saturated rings. The van der Waals surface area contributed by atoms with E-state index in [-0.39, 0.29) is 5.92 Å². The molecule has 0 spiro atoms. The van der Waals surface area contributed by atoms with Crippen LogP contribution in [0.5, 0.6) is 0 Å². The molecule has 1 aromatic carbocycles. The van der Waals surface area contributed by atoms with Crippen molar-refractivity contribution < 1.29 is 18.3 Å². The van der Waals surface area contributed by atoms with Gasteiger partial charge in [-0.3, -0.25) is 0 Å². The fourth-order valence-electron chi connectivity index (χ4n) is 1.82. The molecular weight excluding hydrogens is 231 g/mol. The molecule has 3 N–H and O–H groups in total. The Bertz CT molecular complexity index is 384. The van der Waals surface area contributed by atoms with Gasteiger partial charge in [-0.1, -0.05) is 12.1 Å². The maximum atomic E-state index is 12.3. The normalized spacial score (nSPS) is 20.1. The highest BCUT2D eigenvalue weighted by molar-refractivity contribution is 5.27. The molecular formula is C12H14F3NO. The maximum absolute atomic E-state index is 12.3. The smallest absolute Gasteiger partial charge is 0.391 e. The van der Waals surface area contributed by atoms with Crippen LogP contribution in [-0.2, 0) is 6.18 Å². The summed E-state index contributed by atoms with van der Waals surface area (Å²) in [5.74, 6) is 0.201. The number of aliphatic hydroxyl groups is 1. The number of nitrogens with two attached hydrogens (primary N) is 1. The third-order valence-corrected chi connectivity index (χ3v) is 3.10. The van der Waals surface area contributed by atoms with E-state index in [2.05, 4.69) is 0 Å². The molecule has 1 aromatic rings. The SMILES string of the molecule is N[C@@H](c1ccc(C(F)(F)F)cc1)[C@H](O)C1CC1. The van der Waals surface area contributed by atoms with Crippen molar-refractivity contribution in [1.29, 1.82) is 0 Å². The van der Waals surface area contributed by atoms with Gasteiger partial charge in [-0.15, -0.1) is 0 Å². The highest BCUT2D eigenvalue weighted by Gasteiger charge is 2.35. The minimum Gasteiger partial charge on any atom is -0.391 e. The van der Waals surface area contributed by atoms with Crippen molar-refractivity contribution in [2.75, 3.05) is 0 Å². The standard InChI is InChI=1S/C12H14F3NO/c13-12(14,15)9-5-3-7(4-6-9)10(16)11(17)8-1-2-8/h3-6,8,10-11,17H,1-2,16H2/t10-,11+/m0/s1. The van der Waals surface area contributed by atoms with E-state index in [1.54, 1.807) is 0 Å². The van der Waals surface area contributed by atoms with E-state index in [9.17, 15) is 18.3 Å². The summed E-state index contributed by atoms with van der Waals surface area (Å²) >= 11 is 0. The topological polar surface area (TPSA) is 46.2 Å². The minimum absolute atomic E-state index is 0.201. The van der Waals surface area contributed by atoms with Crippen molar-refractivity contribution >= 4 is 0 Å². The van der Waals surface area contributed by atoms with Crippen LogP contribution >= 0.6 is 0 Å². The molecule has 0 saturated heterocycles. The van der Waals surface area contributed by atoms with Gasteiger partial charge in [-0.05, 0) is 36.5 Å². The molecule has 0 amide bonds. The summed E-state index contributed by atoms with van der Waals surface area (Å²) in [6, 6.07) is 4.05. The first kappa shape index (κ1) is 12.4. The lowest BCUT2D eigenvalue weighted by Crippen LogP contribution is -2.27. The molecule has 0 radical (unpaired) electrons. The third kappa shape index (κ3) is 2.79. The van der Waals surface area contributed by atoms with Gasteiger partial charge in [0.05, 0.1) is 17.7 Å². The molecule has 0 heterocycles. The first-order valence-corrected chi connectivity index (χ1v) is 5.50. The predicted molar refractivity (Wildman–Crippen MR) is 57.1 cm³/mol. The van der Waals surface area contributed by atoms with Gasteiger partial charge in [0.15, 0.2) is 0 Å². The summed E-state index contributed by atoms with van der Waals surface area (Å²) in [4.78, 5) is 0. The zero-order chi connectivity index (χ0) is 12.6. The Balaban J connectivity index is 2.11. The Kier molecular flexibility index (Phi) is 3.14. The summed E-state index contributed by atoms with van der Waals surface area (Å²) in [7, 11) is 0. The van der Waals surface area contributed by atoms with Crippen LogP contribution in [0.4, 0.5) is 13.2 Å². The lowest BCUT2D eigenvalue weighted by molar-refractivity contribution is -0.137. The molecule has 1 aliphatic rings. The van der Waals surface area contributed by atoms with Crippen LogP contribution in [0, 0.1) is 5.92 Å². The summed E-state index contributed by atoms with van der Waals surface area (Å²) in [5, 5.41) is 9.79. The van der Waals surface area contributed by atoms with E-state index in [0.717, 1.165) is 25.0 Å². The van der Waals surface area contributed by atoms with Gasteiger partial charge in [0.2, 0.25) is 0 Å². The molecule has 0 aliphatic heterocycles. The molecule has 1 aliphatic carbocycles. The Labute approximate surface area is 97.2 Å². The molecule has 5 heteroatoms. The van der Waals surface area contributed by atoms with Gasteiger partial charge in [0, 0.05) is 0 Å². The fraction of sp³-hybridized carbons (Fsp3) is 0.500. The number of halogens is 3. The van der Waals surface area contributed by atoms with Gasteiger partial charge >= 0.3 is 6.18 Å². The highest BCUT2D eigenvalue weighted by atomic mass is 19.4. The Morgan fingerprint density at radius 3 is 2.12 bits per heavy atom. The van der Waals surface area contributed by atoms with Gasteiger partial charge < -0.3 is 10.8 Å². The number of alkyl halides is 3. The van der Waals surface area contributed by atoms with Crippen molar-refractivity contribution in [3.8, 4) is 0 Å². The highest BCUT2D eigenvalue weighted by Crippen LogP contribution is 2.37. The largest absolute Gasteiger partial charge is 0.416 e. The second kappa shape index (κ2) is 4.31. The first-order valence-electron chi connectivity index (χ1n) is 5.50. The summed E-state index contributed by atoms with van der Waals surface area (Å²) < 4.78 is 37.0. The second-order valence-electron chi connectivity index (χ2n) is 4.47. The Hall–Kier alpha value is -1.07. The van der Waals surface area contributed by atoms with Crippen molar-refractivity contribution in [2.45, 2.75) is 31.2 Å². The quantitative estimate of drug-likeness (QED) is 0.859. The van der Waals surface area contributed by atoms with E-state index >= 15 is 0 Å². The third-order valence-electron chi connectivity index (χ3n) is 3.10. The average Bonchev–Trinajstić information content (AvgIpc) is 3.10. The van der Waals surface area contributed by atoms with E-state index in [1.165, 1.54) is 12.1 Å². The van der Waals surface area contributed by atoms with Crippen LogP contribution in [0.15, 0.2) is 24.3 Å². The summed E-state index contributed by atoms with van der Waals surface area (Å²) in [5.41, 5.74) is 5.65. The molecule has 17 heavy (non-hydrogen) atoms. The van der Waals surface area contributed by atoms with Crippen LogP contribution in [0.2, 0.25) is 0 Å². The molecule has 2 atom stereocenters. The number of rotatable bonds is 3. The van der Waals surface area contributed by atoms with Crippen molar-refractivity contribution in [2.24, 2.45) is 11.7 Å². The van der Waals surface area contributed by atoms with Crippen molar-refractivity contribution in [3.63, 3.8) is 0 Å². The van der Waals surface area contributed by atoms with E-state index in [0.29, 0.717) is 5.56 Å². The number of hydrogen-bond donors (Lipinski definition) is 2. The van der Waals surface area contributed by atoms with Crippen LogP contribution < -0.4 is 5.73 Å². The number of aliphatic hydroxyl groups excluding tert-OH is 1. The summed E-state index contributed by atoms with van der Waals surface area (Å²) in [6.07, 6.45) is -3.12. The zero-order valence-corrected chi connectivity index (χ0v) is 9.11. The van der Waals surface area contributed by atoms with Gasteiger partial charge in [0.1, 0.15) is 0 Å². The summed E-state index contributed by atoms with van der Waals surface area (Å²) in [6.45, 7) is 0. The van der Waals surface area contributed by atoms with Crippen LogP contribution in [0.3, 0.4) is 0 Å². The molecule has 0 bridgehead atoms. The monoisotopic (exact) mass is 245 g/mol. The Morgan fingerprint density at radius 1 is 1.18 bits per heavy atom. The molecule has 2 rings (SSSR count). The maximum Gasteiger partial charge on any atom is 0.416 e. The fourth-order valence-corrected chi connectivity index (χ4v) is 1.82. The van der Waals surface area contributed by atoms with Gasteiger partial charge in [0.25, 0.3) is 0 Å². The number of hydrogen-bond acceptors (Lipinski definition) is 2. The molecule has 0 unspecified atom stereocenters. The molecule has 2 nitrogen and oxygen atoms in total. The first-order chi connectivity index (χ1) is 7.89. The van der Waals surface area contributed by atoms with Gasteiger partial charge in [-0.2, -0.15) is 13.2 Å². The van der Waals surface area contributed by atoms with Gasteiger partial charge in [-0.25, -0.2) is 0 Å². The van der Waals surface area contributed by atoms with Crippen LogP contribution in [-0.4, -0.2) is 11.2 Å². The molecule has 1 saturated carbocycles. The average molecular weight is 245 g/mol. The zero-order valence-electron chi connectivity index (χ0n) is 9.11. The lowest BCUT2D eigenvalue weighted by Gasteiger charge is -2.19. The molecule has 94 valence electrons. The Morgan fingerprint density at radius 2 is 1.71 bits per heavy atom. The van der Waals surface area contributed by atoms with Crippen LogP contribution in [0.1, 0.15) is 30.0 Å². The second-order valence-corrected chi connectivity index (χ2v) is 4.47. The van der Waals surface area contributed by atoms with Crippen molar-refractivity contribution in [1.82, 2.24) is 0 Å². The molecule has 0 aromatic heterocycles. The van der Waals surface area contributed by atoms with E-state index in [4.69, 9.17) is 5.73 Å². The number of benzene rings is 1. The van der Waals surface area contributed by atoms with E-state index < -0.39 is 23.9 Å². The van der Waals surface area contributed by atoms with E-state index in [1.807, 2.05) is 0 Å². The predicted octanol–water partition coefficient (Wildman–Crippen LogP) is 2.48. The van der Waals surface area contributed by atoms with Crippen LogP contribution in [0.25, 0.3) is 0 Å².